The van der Waals surface area contributed by atoms with E-state index in [1.54, 1.807) is 20.0 Å². The second kappa shape index (κ2) is 5.61. The summed E-state index contributed by atoms with van der Waals surface area (Å²) in [5.41, 5.74) is 1.35. The van der Waals surface area contributed by atoms with E-state index in [1.165, 1.54) is 6.20 Å². The summed E-state index contributed by atoms with van der Waals surface area (Å²) in [6, 6.07) is 0. The van der Waals surface area contributed by atoms with Crippen LogP contribution in [0.15, 0.2) is 12.4 Å². The van der Waals surface area contributed by atoms with Crippen molar-refractivity contribution in [3.63, 3.8) is 0 Å². The lowest BCUT2D eigenvalue weighted by Gasteiger charge is -2.05. The number of carbonyl (C=O) groups excluding carboxylic acids is 2. The Morgan fingerprint density at radius 3 is 2.95 bits per heavy atom. The first-order valence-electron chi connectivity index (χ1n) is 5.57. The third-order valence-corrected chi connectivity index (χ3v) is 3.05. The van der Waals surface area contributed by atoms with E-state index in [0.29, 0.717) is 21.8 Å². The third kappa shape index (κ3) is 2.79. The first kappa shape index (κ1) is 13.2. The van der Waals surface area contributed by atoms with Gasteiger partial charge in [-0.15, -0.1) is 5.10 Å². The summed E-state index contributed by atoms with van der Waals surface area (Å²) in [5.74, 6) is -0.835. The number of amides is 1. The van der Waals surface area contributed by atoms with Crippen molar-refractivity contribution in [2.75, 3.05) is 11.9 Å². The Morgan fingerprint density at radius 2 is 2.32 bits per heavy atom. The maximum absolute atomic E-state index is 11.9. The highest BCUT2D eigenvalue weighted by Gasteiger charge is 2.20. The Balaban J connectivity index is 2.21. The van der Waals surface area contributed by atoms with Gasteiger partial charge in [0.05, 0.1) is 18.5 Å². The molecule has 0 aliphatic carbocycles. The predicted octanol–water partition coefficient (Wildman–Crippen LogP) is 1.60. The lowest BCUT2D eigenvalue weighted by atomic mass is 10.2. The van der Waals surface area contributed by atoms with Crippen molar-refractivity contribution in [3.05, 3.63) is 28.5 Å². The second-order valence-corrected chi connectivity index (χ2v) is 4.44. The molecule has 8 heteroatoms. The van der Waals surface area contributed by atoms with Crippen LogP contribution in [-0.4, -0.2) is 33.1 Å². The number of nitrogens with one attached hydrogen (secondary N) is 2. The van der Waals surface area contributed by atoms with Gasteiger partial charge in [0.2, 0.25) is 0 Å². The zero-order valence-electron chi connectivity index (χ0n) is 10.4. The number of rotatable bonds is 4. The molecule has 0 spiro atoms. The lowest BCUT2D eigenvalue weighted by molar-refractivity contribution is 0.0527. The fraction of sp³-hybridized carbons (Fsp3) is 0.273. The normalized spacial score (nSPS) is 10.2. The minimum atomic E-state index is -0.473. The highest BCUT2D eigenvalue weighted by atomic mass is 32.1. The quantitative estimate of drug-likeness (QED) is 0.829. The van der Waals surface area contributed by atoms with Crippen LogP contribution in [0.2, 0.25) is 0 Å². The average Bonchev–Trinajstić information content (AvgIpc) is 2.99. The Morgan fingerprint density at radius 1 is 1.53 bits per heavy atom. The van der Waals surface area contributed by atoms with Crippen LogP contribution in [0.5, 0.6) is 0 Å². The third-order valence-electron chi connectivity index (χ3n) is 2.39. The van der Waals surface area contributed by atoms with E-state index in [0.717, 1.165) is 11.5 Å². The van der Waals surface area contributed by atoms with Gasteiger partial charge in [-0.25, -0.2) is 4.79 Å². The van der Waals surface area contributed by atoms with E-state index in [2.05, 4.69) is 19.9 Å². The van der Waals surface area contributed by atoms with Gasteiger partial charge < -0.3 is 15.0 Å². The highest BCUT2D eigenvalue weighted by Crippen LogP contribution is 2.21. The van der Waals surface area contributed by atoms with Gasteiger partial charge in [0.1, 0.15) is 10.4 Å². The van der Waals surface area contributed by atoms with Crippen molar-refractivity contribution < 1.29 is 14.3 Å². The number of aromatic nitrogens is 3. The molecule has 2 N–H and O–H groups in total. The van der Waals surface area contributed by atoms with E-state index >= 15 is 0 Å². The summed E-state index contributed by atoms with van der Waals surface area (Å²) >= 11 is 0.982. The van der Waals surface area contributed by atoms with Crippen molar-refractivity contribution in [3.8, 4) is 0 Å². The number of nitrogens with zero attached hydrogens (tertiary/aromatic N) is 2. The molecule has 1 amide bonds. The summed E-state index contributed by atoms with van der Waals surface area (Å²) in [5, 5.41) is 6.22. The molecule has 19 heavy (non-hydrogen) atoms. The molecule has 0 saturated heterocycles. The summed E-state index contributed by atoms with van der Waals surface area (Å²) < 4.78 is 8.56. The number of anilines is 1. The zero-order chi connectivity index (χ0) is 13.8. The van der Waals surface area contributed by atoms with Gasteiger partial charge in [0.15, 0.2) is 0 Å². The number of aryl methyl sites for hydroxylation is 1. The standard InChI is InChI=1S/C11H12N4O3S/c1-3-18-11(17)9-6(2)12-4-7(9)14-10(16)8-5-13-15-19-8/h4-5,12H,3H2,1-2H3,(H,14,16). The summed E-state index contributed by atoms with van der Waals surface area (Å²) in [4.78, 5) is 26.9. The van der Waals surface area contributed by atoms with Crippen LogP contribution in [0.1, 0.15) is 32.6 Å². The Labute approximate surface area is 113 Å². The van der Waals surface area contributed by atoms with E-state index in [9.17, 15) is 9.59 Å². The molecule has 0 atom stereocenters. The molecule has 0 bridgehead atoms. The number of ether oxygens (including phenoxy) is 1. The molecule has 2 aromatic rings. The van der Waals surface area contributed by atoms with Crippen LogP contribution in [0.3, 0.4) is 0 Å². The van der Waals surface area contributed by atoms with Crippen molar-refractivity contribution >= 4 is 29.1 Å². The molecule has 0 unspecified atom stereocenters. The van der Waals surface area contributed by atoms with Crippen molar-refractivity contribution in [1.29, 1.82) is 0 Å². The highest BCUT2D eigenvalue weighted by molar-refractivity contribution is 7.07. The van der Waals surface area contributed by atoms with E-state index in [1.807, 2.05) is 0 Å². The van der Waals surface area contributed by atoms with Crippen LogP contribution in [0, 0.1) is 6.92 Å². The van der Waals surface area contributed by atoms with Gasteiger partial charge in [0, 0.05) is 11.9 Å². The van der Waals surface area contributed by atoms with Gasteiger partial charge in [-0.05, 0) is 25.4 Å². The molecule has 0 saturated carbocycles. The first-order valence-corrected chi connectivity index (χ1v) is 6.34. The average molecular weight is 280 g/mol. The topological polar surface area (TPSA) is 97.0 Å². The number of aromatic amines is 1. The van der Waals surface area contributed by atoms with Crippen LogP contribution in [-0.2, 0) is 4.74 Å². The molecule has 2 aromatic heterocycles. The summed E-state index contributed by atoms with van der Waals surface area (Å²) in [7, 11) is 0. The van der Waals surface area contributed by atoms with Gasteiger partial charge in [0.25, 0.3) is 5.91 Å². The predicted molar refractivity (Wildman–Crippen MR) is 69.3 cm³/mol. The maximum atomic E-state index is 11.9. The minimum Gasteiger partial charge on any atom is -0.462 e. The minimum absolute atomic E-state index is 0.273. The van der Waals surface area contributed by atoms with Crippen molar-refractivity contribution in [2.45, 2.75) is 13.8 Å². The largest absolute Gasteiger partial charge is 0.462 e. The fourth-order valence-electron chi connectivity index (χ4n) is 1.54. The van der Waals surface area contributed by atoms with E-state index < -0.39 is 5.97 Å². The van der Waals surface area contributed by atoms with Crippen LogP contribution < -0.4 is 5.32 Å². The SMILES string of the molecule is CCOC(=O)c1c(NC(=O)c2cnns2)c[nH]c1C. The zero-order valence-corrected chi connectivity index (χ0v) is 11.2. The monoisotopic (exact) mass is 280 g/mol. The molecular formula is C11H12N4O3S. The molecule has 2 heterocycles. The molecule has 0 aliphatic rings. The smallest absolute Gasteiger partial charge is 0.342 e. The summed E-state index contributed by atoms with van der Waals surface area (Å²) in [6.45, 7) is 3.73. The number of H-pyrrole nitrogens is 1. The van der Waals surface area contributed by atoms with Crippen LogP contribution in [0.25, 0.3) is 0 Å². The number of hydrogen-bond donors (Lipinski definition) is 2. The maximum Gasteiger partial charge on any atom is 0.342 e. The molecule has 7 nitrogen and oxygen atoms in total. The first-order chi connectivity index (χ1) is 9.13. The number of hydrogen-bond acceptors (Lipinski definition) is 6. The molecule has 0 aromatic carbocycles. The van der Waals surface area contributed by atoms with Gasteiger partial charge in [-0.2, -0.15) is 0 Å². The fourth-order valence-corrected chi connectivity index (χ4v) is 1.95. The molecule has 2 rings (SSSR count). The van der Waals surface area contributed by atoms with Gasteiger partial charge >= 0.3 is 5.97 Å². The van der Waals surface area contributed by atoms with E-state index in [4.69, 9.17) is 4.74 Å². The molecule has 100 valence electrons. The lowest BCUT2D eigenvalue weighted by Crippen LogP contribution is -2.14. The van der Waals surface area contributed by atoms with Gasteiger partial charge in [-0.3, -0.25) is 4.79 Å². The van der Waals surface area contributed by atoms with Crippen LogP contribution in [0.4, 0.5) is 5.69 Å². The van der Waals surface area contributed by atoms with Crippen molar-refractivity contribution in [1.82, 2.24) is 14.6 Å². The second-order valence-electron chi connectivity index (χ2n) is 3.66. The Bertz CT molecular complexity index is 591. The van der Waals surface area contributed by atoms with Crippen LogP contribution >= 0.6 is 11.5 Å². The number of carbonyl (C=O) groups is 2. The van der Waals surface area contributed by atoms with Gasteiger partial charge in [-0.1, -0.05) is 4.49 Å². The Kier molecular flexibility index (Phi) is 3.91. The molecule has 0 fully saturated rings. The van der Waals surface area contributed by atoms with Crippen molar-refractivity contribution in [2.24, 2.45) is 0 Å². The Hall–Kier alpha value is -2.22. The molecule has 0 radical (unpaired) electrons. The summed E-state index contributed by atoms with van der Waals surface area (Å²) in [6.07, 6.45) is 2.91. The van der Waals surface area contributed by atoms with E-state index in [-0.39, 0.29) is 12.5 Å². The molecule has 0 aliphatic heterocycles. The number of esters is 1. The molecular weight excluding hydrogens is 268 g/mol.